The van der Waals surface area contributed by atoms with E-state index in [1.54, 1.807) is 0 Å². The molecule has 0 saturated carbocycles. The second kappa shape index (κ2) is 4.61. The lowest BCUT2D eigenvalue weighted by Gasteiger charge is -2.10. The molecule has 0 bridgehead atoms. The van der Waals surface area contributed by atoms with Crippen molar-refractivity contribution in [2.75, 3.05) is 0 Å². The number of allylic oxidation sites excluding steroid dienone is 1. The van der Waals surface area contributed by atoms with E-state index in [0.29, 0.717) is 5.92 Å². The van der Waals surface area contributed by atoms with Gasteiger partial charge in [-0.05, 0) is 36.5 Å². The summed E-state index contributed by atoms with van der Waals surface area (Å²) in [6.07, 6.45) is 3.01. The molecule has 0 saturated heterocycles. The van der Waals surface area contributed by atoms with Crippen LogP contribution in [0.1, 0.15) is 30.4 Å². The SMILES string of the molecule is C=CCC(C)c1ccc(C)c(Br)c1. The van der Waals surface area contributed by atoms with Crippen molar-refractivity contribution in [3.8, 4) is 0 Å². The summed E-state index contributed by atoms with van der Waals surface area (Å²) in [6.45, 7) is 8.08. The Labute approximate surface area is 88.8 Å². The fourth-order valence-corrected chi connectivity index (χ4v) is 1.70. The average Bonchev–Trinajstić information content (AvgIpc) is 2.10. The molecular formula is C12H15Br. The van der Waals surface area contributed by atoms with Crippen LogP contribution in [0.2, 0.25) is 0 Å². The Morgan fingerprint density at radius 2 is 2.23 bits per heavy atom. The van der Waals surface area contributed by atoms with E-state index in [1.807, 2.05) is 6.08 Å². The Morgan fingerprint density at radius 3 is 2.77 bits per heavy atom. The normalized spacial score (nSPS) is 12.5. The van der Waals surface area contributed by atoms with Crippen LogP contribution in [0.25, 0.3) is 0 Å². The molecule has 0 spiro atoms. The molecule has 0 N–H and O–H groups in total. The lowest BCUT2D eigenvalue weighted by molar-refractivity contribution is 0.781. The Balaban J connectivity index is 2.89. The second-order valence-electron chi connectivity index (χ2n) is 3.43. The highest BCUT2D eigenvalue weighted by Gasteiger charge is 2.04. The molecule has 13 heavy (non-hydrogen) atoms. The summed E-state index contributed by atoms with van der Waals surface area (Å²) in [7, 11) is 0. The van der Waals surface area contributed by atoms with Crippen molar-refractivity contribution in [2.45, 2.75) is 26.2 Å². The van der Waals surface area contributed by atoms with Crippen molar-refractivity contribution >= 4 is 15.9 Å². The molecular weight excluding hydrogens is 224 g/mol. The zero-order valence-electron chi connectivity index (χ0n) is 8.18. The highest BCUT2D eigenvalue weighted by Crippen LogP contribution is 2.24. The molecule has 0 nitrogen and oxygen atoms in total. The van der Waals surface area contributed by atoms with Crippen LogP contribution in [-0.2, 0) is 0 Å². The van der Waals surface area contributed by atoms with Crippen molar-refractivity contribution < 1.29 is 0 Å². The van der Waals surface area contributed by atoms with Gasteiger partial charge in [-0.2, -0.15) is 0 Å². The van der Waals surface area contributed by atoms with Crippen LogP contribution in [-0.4, -0.2) is 0 Å². The molecule has 1 rings (SSSR count). The van der Waals surface area contributed by atoms with Crippen LogP contribution in [0.4, 0.5) is 0 Å². The molecule has 1 unspecified atom stereocenters. The summed E-state index contributed by atoms with van der Waals surface area (Å²) < 4.78 is 1.20. The van der Waals surface area contributed by atoms with Crippen LogP contribution in [0, 0.1) is 6.92 Å². The van der Waals surface area contributed by atoms with Crippen LogP contribution in [0.3, 0.4) is 0 Å². The van der Waals surface area contributed by atoms with Crippen LogP contribution in [0.15, 0.2) is 35.3 Å². The molecule has 0 aliphatic heterocycles. The van der Waals surface area contributed by atoms with Gasteiger partial charge in [-0.25, -0.2) is 0 Å². The number of hydrogen-bond acceptors (Lipinski definition) is 0. The van der Waals surface area contributed by atoms with E-state index in [1.165, 1.54) is 15.6 Å². The van der Waals surface area contributed by atoms with Gasteiger partial charge in [-0.1, -0.05) is 41.1 Å². The minimum absolute atomic E-state index is 0.564. The van der Waals surface area contributed by atoms with Gasteiger partial charge in [0, 0.05) is 4.47 Å². The van der Waals surface area contributed by atoms with Gasteiger partial charge >= 0.3 is 0 Å². The first kappa shape index (κ1) is 10.5. The molecule has 1 aromatic carbocycles. The van der Waals surface area contributed by atoms with Crippen molar-refractivity contribution in [3.63, 3.8) is 0 Å². The maximum atomic E-state index is 3.75. The summed E-state index contributed by atoms with van der Waals surface area (Å²) in [5, 5.41) is 0. The molecule has 0 aromatic heterocycles. The number of benzene rings is 1. The third-order valence-electron chi connectivity index (χ3n) is 2.29. The summed E-state index contributed by atoms with van der Waals surface area (Å²) in [4.78, 5) is 0. The van der Waals surface area contributed by atoms with Gasteiger partial charge in [0.15, 0.2) is 0 Å². The molecule has 70 valence electrons. The van der Waals surface area contributed by atoms with Crippen LogP contribution >= 0.6 is 15.9 Å². The second-order valence-corrected chi connectivity index (χ2v) is 4.29. The molecule has 0 radical (unpaired) electrons. The maximum Gasteiger partial charge on any atom is 0.0207 e. The molecule has 1 aromatic rings. The average molecular weight is 239 g/mol. The monoisotopic (exact) mass is 238 g/mol. The van der Waals surface area contributed by atoms with Crippen LogP contribution in [0.5, 0.6) is 0 Å². The number of rotatable bonds is 3. The first-order chi connectivity index (χ1) is 6.15. The van der Waals surface area contributed by atoms with Crippen molar-refractivity contribution in [3.05, 3.63) is 46.5 Å². The molecule has 1 atom stereocenters. The summed E-state index contributed by atoms with van der Waals surface area (Å²) in [6, 6.07) is 6.54. The smallest absolute Gasteiger partial charge is 0.0207 e. The van der Waals surface area contributed by atoms with Crippen molar-refractivity contribution in [1.82, 2.24) is 0 Å². The first-order valence-corrected chi connectivity index (χ1v) is 5.31. The van der Waals surface area contributed by atoms with Crippen molar-refractivity contribution in [1.29, 1.82) is 0 Å². The van der Waals surface area contributed by atoms with E-state index in [9.17, 15) is 0 Å². The standard InChI is InChI=1S/C12H15Br/c1-4-5-9(2)11-7-6-10(3)12(13)8-11/h4,6-9H,1,5H2,2-3H3. The highest BCUT2D eigenvalue weighted by atomic mass is 79.9. The quantitative estimate of drug-likeness (QED) is 0.684. The van der Waals surface area contributed by atoms with Gasteiger partial charge in [0.1, 0.15) is 0 Å². The molecule has 0 fully saturated rings. The summed E-state index contributed by atoms with van der Waals surface area (Å²) in [5.41, 5.74) is 2.66. The Bertz CT molecular complexity index is 302. The number of aryl methyl sites for hydroxylation is 1. The number of halogens is 1. The van der Waals surface area contributed by atoms with E-state index >= 15 is 0 Å². The predicted molar refractivity (Wildman–Crippen MR) is 62.1 cm³/mol. The minimum Gasteiger partial charge on any atom is -0.103 e. The molecule has 0 amide bonds. The molecule has 0 heterocycles. The van der Waals surface area contributed by atoms with E-state index in [0.717, 1.165) is 6.42 Å². The lowest BCUT2D eigenvalue weighted by atomic mass is 9.97. The third-order valence-corrected chi connectivity index (χ3v) is 3.14. The molecule has 0 aliphatic rings. The van der Waals surface area contributed by atoms with E-state index in [4.69, 9.17) is 0 Å². The predicted octanol–water partition coefficient (Wildman–Crippen LogP) is 4.44. The first-order valence-electron chi connectivity index (χ1n) is 4.52. The van der Waals surface area contributed by atoms with Crippen molar-refractivity contribution in [2.24, 2.45) is 0 Å². The largest absolute Gasteiger partial charge is 0.103 e. The Kier molecular flexibility index (Phi) is 3.73. The third kappa shape index (κ3) is 2.70. The van der Waals surface area contributed by atoms with E-state index in [-0.39, 0.29) is 0 Å². The van der Waals surface area contributed by atoms with E-state index in [2.05, 4.69) is 54.6 Å². The van der Waals surface area contributed by atoms with Gasteiger partial charge < -0.3 is 0 Å². The zero-order valence-corrected chi connectivity index (χ0v) is 9.76. The lowest BCUT2D eigenvalue weighted by Crippen LogP contribution is -1.92. The maximum absolute atomic E-state index is 3.75. The highest BCUT2D eigenvalue weighted by molar-refractivity contribution is 9.10. The minimum atomic E-state index is 0.564. The molecule has 0 aliphatic carbocycles. The summed E-state index contributed by atoms with van der Waals surface area (Å²) in [5.74, 6) is 0.564. The van der Waals surface area contributed by atoms with Gasteiger partial charge in [0.25, 0.3) is 0 Å². The summed E-state index contributed by atoms with van der Waals surface area (Å²) >= 11 is 3.54. The van der Waals surface area contributed by atoms with Crippen LogP contribution < -0.4 is 0 Å². The fraction of sp³-hybridized carbons (Fsp3) is 0.333. The Morgan fingerprint density at radius 1 is 1.54 bits per heavy atom. The van der Waals surface area contributed by atoms with Gasteiger partial charge in [0.05, 0.1) is 0 Å². The van der Waals surface area contributed by atoms with Gasteiger partial charge in [0.2, 0.25) is 0 Å². The Hall–Kier alpha value is -0.560. The van der Waals surface area contributed by atoms with Gasteiger partial charge in [-0.15, -0.1) is 6.58 Å². The van der Waals surface area contributed by atoms with E-state index < -0.39 is 0 Å². The molecule has 1 heteroatoms. The topological polar surface area (TPSA) is 0 Å². The fourth-order valence-electron chi connectivity index (χ4n) is 1.30. The zero-order chi connectivity index (χ0) is 9.84. The van der Waals surface area contributed by atoms with Gasteiger partial charge in [-0.3, -0.25) is 0 Å². The number of hydrogen-bond donors (Lipinski definition) is 0.